The summed E-state index contributed by atoms with van der Waals surface area (Å²) in [5.41, 5.74) is 2.35. The molecule has 2 heteroatoms. The lowest BCUT2D eigenvalue weighted by atomic mass is 10.2. The van der Waals surface area contributed by atoms with Crippen molar-refractivity contribution in [1.29, 1.82) is 0 Å². The molecule has 0 saturated carbocycles. The van der Waals surface area contributed by atoms with Gasteiger partial charge in [0.15, 0.2) is 0 Å². The molecule has 0 amide bonds. The van der Waals surface area contributed by atoms with Gasteiger partial charge in [-0.3, -0.25) is 4.68 Å². The lowest BCUT2D eigenvalue weighted by Gasteiger charge is -1.95. The molecule has 0 N–H and O–H groups in total. The SMILES string of the molecule is CCn1nc(C)c2ccccc21. The average molecular weight is 160 g/mol. The molecule has 1 aromatic carbocycles. The first-order valence-corrected chi connectivity index (χ1v) is 4.25. The Balaban J connectivity index is 2.82. The van der Waals surface area contributed by atoms with Crippen LogP contribution in [0, 0.1) is 6.92 Å². The van der Waals surface area contributed by atoms with Crippen LogP contribution in [-0.2, 0) is 6.54 Å². The summed E-state index contributed by atoms with van der Waals surface area (Å²) in [5.74, 6) is 0. The highest BCUT2D eigenvalue weighted by Gasteiger charge is 2.02. The second-order valence-corrected chi connectivity index (χ2v) is 2.92. The molecule has 12 heavy (non-hydrogen) atoms. The van der Waals surface area contributed by atoms with Crippen molar-refractivity contribution in [2.24, 2.45) is 0 Å². The van der Waals surface area contributed by atoms with Gasteiger partial charge < -0.3 is 0 Å². The van der Waals surface area contributed by atoms with Gasteiger partial charge >= 0.3 is 0 Å². The van der Waals surface area contributed by atoms with Gasteiger partial charge in [0.1, 0.15) is 0 Å². The maximum absolute atomic E-state index is 4.42. The fourth-order valence-electron chi connectivity index (χ4n) is 1.53. The molecule has 0 aliphatic rings. The average Bonchev–Trinajstić information content (AvgIpc) is 2.44. The third-order valence-electron chi connectivity index (χ3n) is 2.14. The molecule has 0 unspecified atom stereocenters. The third-order valence-corrected chi connectivity index (χ3v) is 2.14. The number of hydrogen-bond acceptors (Lipinski definition) is 1. The van der Waals surface area contributed by atoms with Crippen molar-refractivity contribution in [2.75, 3.05) is 0 Å². The van der Waals surface area contributed by atoms with E-state index in [1.54, 1.807) is 0 Å². The van der Waals surface area contributed by atoms with Crippen LogP contribution < -0.4 is 0 Å². The van der Waals surface area contributed by atoms with Crippen LogP contribution in [0.5, 0.6) is 0 Å². The van der Waals surface area contributed by atoms with Crippen molar-refractivity contribution in [2.45, 2.75) is 20.4 Å². The fourth-order valence-corrected chi connectivity index (χ4v) is 1.53. The highest BCUT2D eigenvalue weighted by Crippen LogP contribution is 2.16. The summed E-state index contributed by atoms with van der Waals surface area (Å²) in [6, 6.07) is 8.33. The quantitative estimate of drug-likeness (QED) is 0.626. The predicted molar refractivity (Wildman–Crippen MR) is 50.1 cm³/mol. The van der Waals surface area contributed by atoms with Gasteiger partial charge in [0, 0.05) is 11.9 Å². The van der Waals surface area contributed by atoms with Crippen LogP contribution in [0.3, 0.4) is 0 Å². The molecular formula is C10H12N2. The number of hydrogen-bond donors (Lipinski definition) is 0. The summed E-state index contributed by atoms with van der Waals surface area (Å²) in [4.78, 5) is 0. The maximum Gasteiger partial charge on any atom is 0.0685 e. The number of rotatable bonds is 1. The molecule has 1 heterocycles. The first-order valence-electron chi connectivity index (χ1n) is 4.25. The summed E-state index contributed by atoms with van der Waals surface area (Å²) in [6.07, 6.45) is 0. The lowest BCUT2D eigenvalue weighted by molar-refractivity contribution is 0.676. The van der Waals surface area contributed by atoms with E-state index >= 15 is 0 Å². The molecule has 0 aliphatic carbocycles. The zero-order valence-corrected chi connectivity index (χ0v) is 7.41. The molecule has 1 aromatic heterocycles. The Kier molecular flexibility index (Phi) is 1.61. The molecule has 62 valence electrons. The van der Waals surface area contributed by atoms with E-state index in [0.717, 1.165) is 12.2 Å². The molecular weight excluding hydrogens is 148 g/mol. The third kappa shape index (κ3) is 0.916. The van der Waals surface area contributed by atoms with E-state index in [1.807, 2.05) is 4.68 Å². The van der Waals surface area contributed by atoms with E-state index < -0.39 is 0 Å². The number of benzene rings is 1. The smallest absolute Gasteiger partial charge is 0.0685 e. The molecule has 2 nitrogen and oxygen atoms in total. The monoisotopic (exact) mass is 160 g/mol. The van der Waals surface area contributed by atoms with Gasteiger partial charge in [0.2, 0.25) is 0 Å². The van der Waals surface area contributed by atoms with Crippen molar-refractivity contribution >= 4 is 10.9 Å². The Morgan fingerprint density at radius 3 is 2.83 bits per heavy atom. The van der Waals surface area contributed by atoms with Crippen molar-refractivity contribution in [3.8, 4) is 0 Å². The Morgan fingerprint density at radius 2 is 2.08 bits per heavy atom. The number of aryl methyl sites for hydroxylation is 2. The van der Waals surface area contributed by atoms with Gasteiger partial charge in [-0.1, -0.05) is 18.2 Å². The van der Waals surface area contributed by atoms with Crippen molar-refractivity contribution in [3.05, 3.63) is 30.0 Å². The lowest BCUT2D eigenvalue weighted by Crippen LogP contribution is -1.95. The highest BCUT2D eigenvalue weighted by molar-refractivity contribution is 5.81. The van der Waals surface area contributed by atoms with Crippen LogP contribution in [0.1, 0.15) is 12.6 Å². The maximum atomic E-state index is 4.42. The van der Waals surface area contributed by atoms with E-state index in [2.05, 4.69) is 43.2 Å². The number of nitrogens with zero attached hydrogens (tertiary/aromatic N) is 2. The van der Waals surface area contributed by atoms with Crippen molar-refractivity contribution in [1.82, 2.24) is 9.78 Å². The first kappa shape index (κ1) is 7.35. The fraction of sp³-hybridized carbons (Fsp3) is 0.300. The molecule has 0 spiro atoms. The standard InChI is InChI=1S/C10H12N2/c1-3-12-10-7-5-4-6-9(10)8(2)11-12/h4-7H,3H2,1-2H3. The second-order valence-electron chi connectivity index (χ2n) is 2.92. The van der Waals surface area contributed by atoms with Gasteiger partial charge in [-0.2, -0.15) is 5.10 Å². The van der Waals surface area contributed by atoms with Gasteiger partial charge in [-0.05, 0) is 19.9 Å². The molecule has 0 radical (unpaired) electrons. The molecule has 0 saturated heterocycles. The summed E-state index contributed by atoms with van der Waals surface area (Å²) in [5, 5.41) is 5.69. The van der Waals surface area contributed by atoms with Crippen LogP contribution in [0.25, 0.3) is 10.9 Å². The van der Waals surface area contributed by atoms with E-state index in [1.165, 1.54) is 10.9 Å². The number of para-hydroxylation sites is 1. The van der Waals surface area contributed by atoms with Crippen molar-refractivity contribution < 1.29 is 0 Å². The highest BCUT2D eigenvalue weighted by atomic mass is 15.3. The zero-order valence-electron chi connectivity index (χ0n) is 7.41. The van der Waals surface area contributed by atoms with Crippen LogP contribution in [0.15, 0.2) is 24.3 Å². The predicted octanol–water partition coefficient (Wildman–Crippen LogP) is 2.36. The van der Waals surface area contributed by atoms with Crippen LogP contribution >= 0.6 is 0 Å². The summed E-state index contributed by atoms with van der Waals surface area (Å²) in [6.45, 7) is 5.10. The molecule has 2 aromatic rings. The summed E-state index contributed by atoms with van der Waals surface area (Å²) >= 11 is 0. The van der Waals surface area contributed by atoms with Crippen molar-refractivity contribution in [3.63, 3.8) is 0 Å². The van der Waals surface area contributed by atoms with Gasteiger partial charge in [0.25, 0.3) is 0 Å². The van der Waals surface area contributed by atoms with Gasteiger partial charge in [-0.15, -0.1) is 0 Å². The van der Waals surface area contributed by atoms with E-state index in [-0.39, 0.29) is 0 Å². The van der Waals surface area contributed by atoms with E-state index in [4.69, 9.17) is 0 Å². The topological polar surface area (TPSA) is 17.8 Å². The Hall–Kier alpha value is -1.31. The molecule has 0 fully saturated rings. The minimum Gasteiger partial charge on any atom is -0.265 e. The number of fused-ring (bicyclic) bond motifs is 1. The zero-order chi connectivity index (χ0) is 8.55. The largest absolute Gasteiger partial charge is 0.265 e. The first-order chi connectivity index (χ1) is 5.83. The molecule has 0 atom stereocenters. The normalized spacial score (nSPS) is 10.8. The summed E-state index contributed by atoms with van der Waals surface area (Å²) in [7, 11) is 0. The van der Waals surface area contributed by atoms with Crippen LogP contribution in [-0.4, -0.2) is 9.78 Å². The molecule has 0 bridgehead atoms. The Labute approximate surface area is 71.8 Å². The van der Waals surface area contributed by atoms with Gasteiger partial charge in [-0.25, -0.2) is 0 Å². The Bertz CT molecular complexity index is 401. The van der Waals surface area contributed by atoms with E-state index in [9.17, 15) is 0 Å². The second kappa shape index (κ2) is 2.63. The Morgan fingerprint density at radius 1 is 1.33 bits per heavy atom. The summed E-state index contributed by atoms with van der Waals surface area (Å²) < 4.78 is 2.03. The van der Waals surface area contributed by atoms with Crippen LogP contribution in [0.4, 0.5) is 0 Å². The minimum atomic E-state index is 0.939. The van der Waals surface area contributed by atoms with Crippen LogP contribution in [0.2, 0.25) is 0 Å². The van der Waals surface area contributed by atoms with E-state index in [0.29, 0.717) is 0 Å². The number of aromatic nitrogens is 2. The molecule has 0 aliphatic heterocycles. The van der Waals surface area contributed by atoms with Gasteiger partial charge in [0.05, 0.1) is 11.2 Å². The molecule has 2 rings (SSSR count). The minimum absolute atomic E-state index is 0.939.